The van der Waals surface area contributed by atoms with Crippen molar-refractivity contribution in [3.63, 3.8) is 0 Å². The SMILES string of the molecule is O=C(N[C@H]1CCCOC1)c1ccc(OCc2ccccn2)cc1. The molecule has 5 heteroatoms. The van der Waals surface area contributed by atoms with E-state index >= 15 is 0 Å². The second-order valence-electron chi connectivity index (χ2n) is 5.52. The Hall–Kier alpha value is -2.40. The van der Waals surface area contributed by atoms with Gasteiger partial charge in [0.15, 0.2) is 0 Å². The number of rotatable bonds is 5. The van der Waals surface area contributed by atoms with Gasteiger partial charge < -0.3 is 14.8 Å². The fraction of sp³-hybridized carbons (Fsp3) is 0.333. The van der Waals surface area contributed by atoms with Crippen LogP contribution in [0.5, 0.6) is 5.75 Å². The number of benzene rings is 1. The largest absolute Gasteiger partial charge is 0.487 e. The average Bonchev–Trinajstić information content (AvgIpc) is 2.62. The number of aromatic nitrogens is 1. The van der Waals surface area contributed by atoms with E-state index in [1.54, 1.807) is 30.5 Å². The first-order valence-corrected chi connectivity index (χ1v) is 7.82. The summed E-state index contributed by atoms with van der Waals surface area (Å²) >= 11 is 0. The second kappa shape index (κ2) is 7.74. The van der Waals surface area contributed by atoms with E-state index in [9.17, 15) is 4.79 Å². The lowest BCUT2D eigenvalue weighted by atomic mass is 10.1. The summed E-state index contributed by atoms with van der Waals surface area (Å²) in [7, 11) is 0. The van der Waals surface area contributed by atoms with E-state index in [4.69, 9.17) is 9.47 Å². The maximum absolute atomic E-state index is 12.2. The highest BCUT2D eigenvalue weighted by molar-refractivity contribution is 5.94. The average molecular weight is 312 g/mol. The van der Waals surface area contributed by atoms with Crippen molar-refractivity contribution >= 4 is 5.91 Å². The number of amides is 1. The minimum atomic E-state index is -0.0724. The molecule has 1 amide bonds. The third kappa shape index (κ3) is 4.53. The molecular weight excluding hydrogens is 292 g/mol. The number of nitrogens with zero attached hydrogens (tertiary/aromatic N) is 1. The molecule has 0 aliphatic carbocycles. The fourth-order valence-electron chi connectivity index (χ4n) is 2.47. The summed E-state index contributed by atoms with van der Waals surface area (Å²) in [6.45, 7) is 1.79. The van der Waals surface area contributed by atoms with E-state index in [2.05, 4.69) is 10.3 Å². The van der Waals surface area contributed by atoms with Gasteiger partial charge in [-0.2, -0.15) is 0 Å². The van der Waals surface area contributed by atoms with Gasteiger partial charge in [0.2, 0.25) is 0 Å². The first-order valence-electron chi connectivity index (χ1n) is 7.82. The van der Waals surface area contributed by atoms with E-state index in [1.165, 1.54) is 0 Å². The molecule has 0 saturated carbocycles. The summed E-state index contributed by atoms with van der Waals surface area (Å²) < 4.78 is 11.0. The zero-order chi connectivity index (χ0) is 15.9. The predicted molar refractivity (Wildman–Crippen MR) is 86.3 cm³/mol. The molecule has 1 aromatic heterocycles. The smallest absolute Gasteiger partial charge is 0.251 e. The highest BCUT2D eigenvalue weighted by Gasteiger charge is 2.17. The first kappa shape index (κ1) is 15.5. The molecule has 1 N–H and O–H groups in total. The Labute approximate surface area is 135 Å². The van der Waals surface area contributed by atoms with E-state index in [-0.39, 0.29) is 11.9 Å². The van der Waals surface area contributed by atoms with Crippen LogP contribution in [-0.2, 0) is 11.3 Å². The fourth-order valence-corrected chi connectivity index (χ4v) is 2.47. The molecule has 1 aliphatic rings. The highest BCUT2D eigenvalue weighted by atomic mass is 16.5. The Morgan fingerprint density at radius 2 is 2.13 bits per heavy atom. The van der Waals surface area contributed by atoms with E-state index in [0.29, 0.717) is 24.5 Å². The Balaban J connectivity index is 1.52. The molecule has 0 radical (unpaired) electrons. The molecule has 0 unspecified atom stereocenters. The number of ether oxygens (including phenoxy) is 2. The van der Waals surface area contributed by atoms with Crippen molar-refractivity contribution in [1.29, 1.82) is 0 Å². The molecule has 1 aromatic carbocycles. The van der Waals surface area contributed by atoms with Crippen molar-refractivity contribution < 1.29 is 14.3 Å². The minimum absolute atomic E-state index is 0.0724. The van der Waals surface area contributed by atoms with Crippen LogP contribution < -0.4 is 10.1 Å². The van der Waals surface area contributed by atoms with Gasteiger partial charge in [0.1, 0.15) is 12.4 Å². The monoisotopic (exact) mass is 312 g/mol. The topological polar surface area (TPSA) is 60.5 Å². The van der Waals surface area contributed by atoms with Gasteiger partial charge in [-0.1, -0.05) is 6.07 Å². The van der Waals surface area contributed by atoms with Crippen LogP contribution in [-0.4, -0.2) is 30.1 Å². The molecule has 1 aliphatic heterocycles. The zero-order valence-corrected chi connectivity index (χ0v) is 12.9. The predicted octanol–water partition coefficient (Wildman–Crippen LogP) is 2.57. The Bertz CT molecular complexity index is 622. The number of nitrogens with one attached hydrogen (secondary N) is 1. The summed E-state index contributed by atoms with van der Waals surface area (Å²) in [6, 6.07) is 13.0. The van der Waals surface area contributed by atoms with E-state index < -0.39 is 0 Å². The third-order valence-electron chi connectivity index (χ3n) is 3.72. The molecule has 1 saturated heterocycles. The summed E-state index contributed by atoms with van der Waals surface area (Å²) in [5.74, 6) is 0.643. The Morgan fingerprint density at radius 3 is 2.83 bits per heavy atom. The summed E-state index contributed by atoms with van der Waals surface area (Å²) in [4.78, 5) is 16.4. The van der Waals surface area contributed by atoms with Gasteiger partial charge in [0.05, 0.1) is 18.3 Å². The van der Waals surface area contributed by atoms with Gasteiger partial charge in [-0.25, -0.2) is 0 Å². The molecule has 1 fully saturated rings. The van der Waals surface area contributed by atoms with Crippen LogP contribution in [0.3, 0.4) is 0 Å². The Kier molecular flexibility index (Phi) is 5.21. The van der Waals surface area contributed by atoms with Crippen LogP contribution in [0.2, 0.25) is 0 Å². The maximum atomic E-state index is 12.2. The van der Waals surface area contributed by atoms with Crippen LogP contribution in [0.4, 0.5) is 0 Å². The van der Waals surface area contributed by atoms with Crippen LogP contribution in [0.15, 0.2) is 48.7 Å². The van der Waals surface area contributed by atoms with Crippen molar-refractivity contribution in [2.24, 2.45) is 0 Å². The molecule has 0 spiro atoms. The highest BCUT2D eigenvalue weighted by Crippen LogP contribution is 2.14. The van der Waals surface area contributed by atoms with Gasteiger partial charge >= 0.3 is 0 Å². The van der Waals surface area contributed by atoms with Crippen LogP contribution in [0, 0.1) is 0 Å². The molecule has 1 atom stereocenters. The van der Waals surface area contributed by atoms with E-state index in [1.807, 2.05) is 18.2 Å². The number of hydrogen-bond donors (Lipinski definition) is 1. The normalized spacial score (nSPS) is 17.5. The zero-order valence-electron chi connectivity index (χ0n) is 12.9. The van der Waals surface area contributed by atoms with Crippen LogP contribution in [0.25, 0.3) is 0 Å². The standard InChI is InChI=1S/C18H20N2O3/c21-18(20-16-5-3-11-22-12-16)14-6-8-17(9-7-14)23-13-15-4-1-2-10-19-15/h1-2,4,6-10,16H,3,5,11-13H2,(H,20,21)/t16-/m0/s1. The number of hydrogen-bond acceptors (Lipinski definition) is 4. The molecule has 2 heterocycles. The lowest BCUT2D eigenvalue weighted by molar-refractivity contribution is 0.0624. The maximum Gasteiger partial charge on any atom is 0.251 e. The van der Waals surface area contributed by atoms with Gasteiger partial charge in [0, 0.05) is 18.4 Å². The molecule has 3 rings (SSSR count). The third-order valence-corrected chi connectivity index (χ3v) is 3.72. The lowest BCUT2D eigenvalue weighted by Gasteiger charge is -2.23. The molecule has 5 nitrogen and oxygen atoms in total. The van der Waals surface area contributed by atoms with Crippen molar-refractivity contribution in [2.75, 3.05) is 13.2 Å². The quantitative estimate of drug-likeness (QED) is 0.922. The van der Waals surface area contributed by atoms with Gasteiger partial charge in [0.25, 0.3) is 5.91 Å². The molecule has 120 valence electrons. The summed E-state index contributed by atoms with van der Waals surface area (Å²) in [6.07, 6.45) is 3.70. The number of carbonyl (C=O) groups excluding carboxylic acids is 1. The van der Waals surface area contributed by atoms with Crippen molar-refractivity contribution in [3.05, 3.63) is 59.9 Å². The van der Waals surface area contributed by atoms with Gasteiger partial charge in [-0.3, -0.25) is 9.78 Å². The molecule has 0 bridgehead atoms. The van der Waals surface area contributed by atoms with Gasteiger partial charge in [-0.05, 0) is 49.2 Å². The van der Waals surface area contributed by atoms with Gasteiger partial charge in [-0.15, -0.1) is 0 Å². The summed E-state index contributed by atoms with van der Waals surface area (Å²) in [5, 5.41) is 3.00. The lowest BCUT2D eigenvalue weighted by Crippen LogP contribution is -2.40. The number of carbonyl (C=O) groups is 1. The number of pyridine rings is 1. The molecule has 23 heavy (non-hydrogen) atoms. The van der Waals surface area contributed by atoms with Crippen molar-refractivity contribution in [1.82, 2.24) is 10.3 Å². The van der Waals surface area contributed by atoms with Crippen LogP contribution in [0.1, 0.15) is 28.9 Å². The first-order chi connectivity index (χ1) is 11.3. The van der Waals surface area contributed by atoms with Crippen molar-refractivity contribution in [2.45, 2.75) is 25.5 Å². The molecule has 2 aromatic rings. The summed E-state index contributed by atoms with van der Waals surface area (Å²) in [5.41, 5.74) is 1.49. The van der Waals surface area contributed by atoms with Crippen molar-refractivity contribution in [3.8, 4) is 5.75 Å². The second-order valence-corrected chi connectivity index (χ2v) is 5.52. The van der Waals surface area contributed by atoms with E-state index in [0.717, 1.165) is 25.1 Å². The Morgan fingerprint density at radius 1 is 1.26 bits per heavy atom. The minimum Gasteiger partial charge on any atom is -0.487 e. The molecular formula is C18H20N2O3. The van der Waals surface area contributed by atoms with Crippen LogP contribution >= 0.6 is 0 Å².